The minimum atomic E-state index is -0.321. The molecule has 0 saturated heterocycles. The van der Waals surface area contributed by atoms with Gasteiger partial charge in [-0.25, -0.2) is 14.1 Å². The first-order valence-corrected chi connectivity index (χ1v) is 9.94. The van der Waals surface area contributed by atoms with Gasteiger partial charge in [-0.2, -0.15) is 5.10 Å². The van der Waals surface area contributed by atoms with Crippen molar-refractivity contribution in [3.8, 4) is 5.69 Å². The molecule has 1 N–H and O–H groups in total. The molecular formula is C21H22ClFN4O. The maximum Gasteiger partial charge on any atom is 0.254 e. The minimum Gasteiger partial charge on any atom is -0.349 e. The lowest BCUT2D eigenvalue weighted by atomic mass is 9.86. The van der Waals surface area contributed by atoms with Gasteiger partial charge in [0.25, 0.3) is 5.91 Å². The van der Waals surface area contributed by atoms with Crippen molar-refractivity contribution in [1.82, 2.24) is 20.1 Å². The third-order valence-electron chi connectivity index (χ3n) is 5.55. The van der Waals surface area contributed by atoms with Gasteiger partial charge in [0.2, 0.25) is 0 Å². The molecular weight excluding hydrogens is 379 g/mol. The van der Waals surface area contributed by atoms with Crippen LogP contribution in [0.1, 0.15) is 48.7 Å². The van der Waals surface area contributed by atoms with E-state index in [1.165, 1.54) is 24.8 Å². The molecule has 2 atom stereocenters. The highest BCUT2D eigenvalue weighted by molar-refractivity contribution is 6.38. The van der Waals surface area contributed by atoms with Crippen LogP contribution in [0.15, 0.2) is 30.5 Å². The number of nitrogens with one attached hydrogen (secondary N) is 1. The zero-order valence-electron chi connectivity index (χ0n) is 15.9. The molecule has 4 rings (SSSR count). The molecule has 5 nitrogen and oxygen atoms in total. The summed E-state index contributed by atoms with van der Waals surface area (Å²) in [5.74, 6) is -0.0676. The number of rotatable bonds is 3. The molecule has 0 unspecified atom stereocenters. The predicted octanol–water partition coefficient (Wildman–Crippen LogP) is 4.83. The van der Waals surface area contributed by atoms with Gasteiger partial charge < -0.3 is 5.32 Å². The van der Waals surface area contributed by atoms with Crippen molar-refractivity contribution in [2.75, 3.05) is 0 Å². The Labute approximate surface area is 167 Å². The number of halogens is 2. The molecule has 0 aliphatic heterocycles. The second-order valence-electron chi connectivity index (χ2n) is 7.50. The largest absolute Gasteiger partial charge is 0.349 e. The van der Waals surface area contributed by atoms with E-state index in [-0.39, 0.29) is 17.8 Å². The molecule has 0 spiro atoms. The number of amides is 1. The fourth-order valence-corrected chi connectivity index (χ4v) is 4.26. The van der Waals surface area contributed by atoms with E-state index in [9.17, 15) is 9.18 Å². The van der Waals surface area contributed by atoms with E-state index in [4.69, 9.17) is 11.6 Å². The number of fused-ring (bicyclic) bond motifs is 1. The number of aryl methyl sites for hydroxylation is 1. The zero-order valence-corrected chi connectivity index (χ0v) is 16.6. The number of nitrogens with zero attached hydrogens (tertiary/aromatic N) is 3. The first kappa shape index (κ1) is 18.9. The first-order chi connectivity index (χ1) is 13.5. The van der Waals surface area contributed by atoms with E-state index in [2.05, 4.69) is 22.3 Å². The van der Waals surface area contributed by atoms with Crippen LogP contribution in [0.2, 0.25) is 5.02 Å². The van der Waals surface area contributed by atoms with Gasteiger partial charge in [-0.1, -0.05) is 31.4 Å². The van der Waals surface area contributed by atoms with Crippen molar-refractivity contribution in [3.05, 3.63) is 52.6 Å². The van der Waals surface area contributed by atoms with E-state index in [1.807, 2.05) is 6.92 Å². The lowest BCUT2D eigenvalue weighted by Gasteiger charge is -2.29. The summed E-state index contributed by atoms with van der Waals surface area (Å²) in [7, 11) is 0. The number of hydrogen-bond donors (Lipinski definition) is 1. The van der Waals surface area contributed by atoms with Crippen molar-refractivity contribution >= 4 is 28.5 Å². The fourth-order valence-electron chi connectivity index (χ4n) is 3.91. The number of hydrogen-bond acceptors (Lipinski definition) is 3. The molecule has 1 amide bonds. The standard InChI is InChI=1S/C21H22ClFN4O/c1-12-5-3-4-6-17(12)25-21(28)16-11-24-20-18(19(16)22)13(2)26-27(20)15-9-7-14(23)8-10-15/h7-12,17H,3-6H2,1-2H3,(H,25,28)/t12-,17-/m0/s1. The average molecular weight is 401 g/mol. The van der Waals surface area contributed by atoms with Crippen LogP contribution >= 0.6 is 11.6 Å². The molecule has 7 heteroatoms. The van der Waals surface area contributed by atoms with Crippen LogP contribution in [-0.4, -0.2) is 26.7 Å². The molecule has 1 aliphatic rings. The van der Waals surface area contributed by atoms with E-state index < -0.39 is 0 Å². The van der Waals surface area contributed by atoms with Crippen LogP contribution < -0.4 is 5.32 Å². The van der Waals surface area contributed by atoms with Crippen molar-refractivity contribution in [2.24, 2.45) is 5.92 Å². The quantitative estimate of drug-likeness (QED) is 0.685. The smallest absolute Gasteiger partial charge is 0.254 e. The highest BCUT2D eigenvalue weighted by atomic mass is 35.5. The minimum absolute atomic E-state index is 0.163. The van der Waals surface area contributed by atoms with Crippen molar-refractivity contribution < 1.29 is 9.18 Å². The van der Waals surface area contributed by atoms with Crippen LogP contribution in [0.25, 0.3) is 16.7 Å². The maximum atomic E-state index is 13.2. The Morgan fingerprint density at radius 1 is 1.25 bits per heavy atom. The zero-order chi connectivity index (χ0) is 19.8. The molecule has 0 radical (unpaired) electrons. The fraction of sp³-hybridized carbons (Fsp3) is 0.381. The molecule has 1 saturated carbocycles. The van der Waals surface area contributed by atoms with Crippen molar-refractivity contribution in [1.29, 1.82) is 0 Å². The third-order valence-corrected chi connectivity index (χ3v) is 5.94. The van der Waals surface area contributed by atoms with Gasteiger partial charge in [0, 0.05) is 12.2 Å². The van der Waals surface area contributed by atoms with Crippen LogP contribution in [0.4, 0.5) is 4.39 Å². The van der Waals surface area contributed by atoms with E-state index >= 15 is 0 Å². The predicted molar refractivity (Wildman–Crippen MR) is 107 cm³/mol. The Balaban J connectivity index is 1.70. The normalized spacial score (nSPS) is 19.7. The SMILES string of the molecule is Cc1nn(-c2ccc(F)cc2)c2ncc(C(=O)N[C@H]3CCCC[C@@H]3C)c(Cl)c12. The monoisotopic (exact) mass is 400 g/mol. The summed E-state index contributed by atoms with van der Waals surface area (Å²) in [6, 6.07) is 6.15. The Morgan fingerprint density at radius 3 is 2.68 bits per heavy atom. The molecule has 146 valence electrons. The summed E-state index contributed by atoms with van der Waals surface area (Å²) in [5.41, 5.74) is 2.24. The molecule has 1 fully saturated rings. The van der Waals surface area contributed by atoms with Gasteiger partial charge in [0.15, 0.2) is 5.65 Å². The lowest BCUT2D eigenvalue weighted by molar-refractivity contribution is 0.0910. The van der Waals surface area contributed by atoms with E-state index in [0.29, 0.717) is 38.9 Å². The average Bonchev–Trinajstić information content (AvgIpc) is 3.02. The molecule has 2 aromatic heterocycles. The van der Waals surface area contributed by atoms with Crippen LogP contribution in [0, 0.1) is 18.7 Å². The second-order valence-corrected chi connectivity index (χ2v) is 7.88. The summed E-state index contributed by atoms with van der Waals surface area (Å²) in [5, 5.41) is 8.60. The summed E-state index contributed by atoms with van der Waals surface area (Å²) < 4.78 is 14.8. The van der Waals surface area contributed by atoms with Crippen molar-refractivity contribution in [2.45, 2.75) is 45.6 Å². The Morgan fingerprint density at radius 2 is 1.96 bits per heavy atom. The molecule has 2 heterocycles. The Bertz CT molecular complexity index is 1030. The van der Waals surface area contributed by atoms with Gasteiger partial charge in [0.05, 0.1) is 27.4 Å². The number of carbonyl (C=O) groups excluding carboxylic acids is 1. The first-order valence-electron chi connectivity index (χ1n) is 9.56. The highest BCUT2D eigenvalue weighted by Gasteiger charge is 2.26. The Hall–Kier alpha value is -2.47. The van der Waals surface area contributed by atoms with Crippen LogP contribution in [0.5, 0.6) is 0 Å². The van der Waals surface area contributed by atoms with E-state index in [0.717, 1.165) is 19.3 Å². The molecule has 1 aliphatic carbocycles. The van der Waals surface area contributed by atoms with Crippen LogP contribution in [-0.2, 0) is 0 Å². The lowest BCUT2D eigenvalue weighted by Crippen LogP contribution is -2.41. The Kier molecular flexibility index (Phi) is 5.06. The van der Waals surface area contributed by atoms with Gasteiger partial charge in [-0.05, 0) is 49.9 Å². The van der Waals surface area contributed by atoms with Gasteiger partial charge in [-0.15, -0.1) is 0 Å². The molecule has 28 heavy (non-hydrogen) atoms. The van der Waals surface area contributed by atoms with E-state index in [1.54, 1.807) is 16.8 Å². The second kappa shape index (κ2) is 7.51. The third kappa shape index (κ3) is 3.37. The summed E-state index contributed by atoms with van der Waals surface area (Å²) in [4.78, 5) is 17.3. The molecule has 3 aromatic rings. The molecule has 0 bridgehead atoms. The van der Waals surface area contributed by atoms with Gasteiger partial charge in [-0.3, -0.25) is 4.79 Å². The number of carbonyl (C=O) groups is 1. The topological polar surface area (TPSA) is 59.8 Å². The number of aromatic nitrogens is 3. The summed E-state index contributed by atoms with van der Waals surface area (Å²) in [6.45, 7) is 3.99. The summed E-state index contributed by atoms with van der Waals surface area (Å²) in [6.07, 6.45) is 5.95. The van der Waals surface area contributed by atoms with Gasteiger partial charge in [0.1, 0.15) is 5.82 Å². The maximum absolute atomic E-state index is 13.2. The van der Waals surface area contributed by atoms with Crippen molar-refractivity contribution in [3.63, 3.8) is 0 Å². The number of benzene rings is 1. The number of pyridine rings is 1. The van der Waals surface area contributed by atoms with Crippen LogP contribution in [0.3, 0.4) is 0 Å². The molecule has 1 aromatic carbocycles. The highest BCUT2D eigenvalue weighted by Crippen LogP contribution is 2.31. The van der Waals surface area contributed by atoms with Gasteiger partial charge >= 0.3 is 0 Å². The summed E-state index contributed by atoms with van der Waals surface area (Å²) >= 11 is 6.61.